The highest BCUT2D eigenvalue weighted by molar-refractivity contribution is 7.47. The van der Waals surface area contributed by atoms with Crippen LogP contribution in [-0.4, -0.2) is 98.9 Å². The number of unbranched alkanes of at least 4 members (excludes halogenated alkanes) is 15. The van der Waals surface area contributed by atoms with Gasteiger partial charge in [-0.15, -0.1) is 0 Å². The molecule has 0 aromatic rings. The van der Waals surface area contributed by atoms with Crippen LogP contribution in [0.25, 0.3) is 0 Å². The lowest BCUT2D eigenvalue weighted by atomic mass is 9.85. The number of carbonyl (C=O) groups is 1. The second-order valence-electron chi connectivity index (χ2n) is 14.8. The van der Waals surface area contributed by atoms with E-state index in [1.165, 1.54) is 38.5 Å². The molecule has 0 saturated heterocycles. The molecule has 1 saturated carbocycles. The third-order valence-corrected chi connectivity index (χ3v) is 10.7. The van der Waals surface area contributed by atoms with Crippen LogP contribution in [0.5, 0.6) is 0 Å². The lowest BCUT2D eigenvalue weighted by molar-refractivity contribution is -0.220. The fourth-order valence-electron chi connectivity index (χ4n) is 6.23. The molecule has 326 valence electrons. The average molecular weight is 817 g/mol. The standard InChI is InChI=1S/C43H77O12P/c1-3-5-7-9-11-13-15-16-17-18-19-20-21-23-25-27-29-31-33-52-34-36(54-37(44)32-30-28-26-24-22-14-12-10-8-6-4-2)35-53-56(50,51)55-43-41(48)39(46)38(45)40(47)42(43)49/h5,7,10-13,16-17,36,38-43,45-49H,3-4,6,8-9,14-15,18-35H2,1-2H3,(H,50,51)/b7-5-,12-10-,13-11-,17-16-. The maximum absolute atomic E-state index is 12.8. The van der Waals surface area contributed by atoms with E-state index in [0.29, 0.717) is 13.0 Å². The quantitative estimate of drug-likeness (QED) is 0.0156. The van der Waals surface area contributed by atoms with E-state index in [0.717, 1.165) is 89.9 Å². The number of esters is 1. The number of ether oxygens (including phenoxy) is 2. The third-order valence-electron chi connectivity index (χ3n) is 9.69. The zero-order chi connectivity index (χ0) is 41.3. The molecule has 13 heteroatoms. The summed E-state index contributed by atoms with van der Waals surface area (Å²) < 4.78 is 34.1. The van der Waals surface area contributed by atoms with Crippen LogP contribution < -0.4 is 0 Å². The maximum atomic E-state index is 12.8. The molecule has 0 heterocycles. The topological polar surface area (TPSA) is 192 Å². The number of aliphatic hydroxyl groups is 5. The molecule has 1 aliphatic carbocycles. The number of rotatable bonds is 35. The second kappa shape index (κ2) is 34.2. The Kier molecular flexibility index (Phi) is 31.9. The minimum absolute atomic E-state index is 0.0865. The van der Waals surface area contributed by atoms with Crippen LogP contribution >= 0.6 is 7.82 Å². The van der Waals surface area contributed by atoms with Gasteiger partial charge in [-0.2, -0.15) is 0 Å². The Balaban J connectivity index is 2.41. The van der Waals surface area contributed by atoms with Gasteiger partial charge in [0.2, 0.25) is 0 Å². The SMILES string of the molecule is CC/C=C\C/C=C\C/C=C\CCCCCCCCCCOCC(COP(=O)(O)OC1C(O)C(O)C(O)C(O)C1O)OC(=O)CCCCCCC/C=C\CCCC. The molecule has 1 aliphatic rings. The van der Waals surface area contributed by atoms with Gasteiger partial charge in [-0.3, -0.25) is 13.8 Å². The number of hydrogen-bond acceptors (Lipinski definition) is 11. The van der Waals surface area contributed by atoms with Crippen LogP contribution in [0, 0.1) is 0 Å². The maximum Gasteiger partial charge on any atom is 0.472 e. The van der Waals surface area contributed by atoms with Crippen LogP contribution in [0.3, 0.4) is 0 Å². The molecule has 0 bridgehead atoms. The van der Waals surface area contributed by atoms with Crippen molar-refractivity contribution < 1.29 is 58.3 Å². The van der Waals surface area contributed by atoms with E-state index in [1.807, 2.05) is 0 Å². The zero-order valence-electron chi connectivity index (χ0n) is 34.4. The Hall–Kier alpha value is -1.70. The number of hydrogen-bond donors (Lipinski definition) is 6. The fourth-order valence-corrected chi connectivity index (χ4v) is 7.20. The van der Waals surface area contributed by atoms with Gasteiger partial charge in [0.15, 0.2) is 0 Å². The van der Waals surface area contributed by atoms with Crippen LogP contribution in [0.1, 0.15) is 155 Å². The van der Waals surface area contributed by atoms with Crippen LogP contribution in [0.15, 0.2) is 48.6 Å². The van der Waals surface area contributed by atoms with E-state index < -0.39 is 63.1 Å². The second-order valence-corrected chi connectivity index (χ2v) is 16.2. The molecule has 56 heavy (non-hydrogen) atoms. The Morgan fingerprint density at radius 1 is 0.589 bits per heavy atom. The molecule has 6 atom stereocenters. The molecule has 6 N–H and O–H groups in total. The van der Waals surface area contributed by atoms with Crippen molar-refractivity contribution in [1.82, 2.24) is 0 Å². The summed E-state index contributed by atoms with van der Waals surface area (Å²) in [7, 11) is -5.02. The molecule has 0 aromatic heterocycles. The molecular weight excluding hydrogens is 739 g/mol. The highest BCUT2D eigenvalue weighted by atomic mass is 31.2. The monoisotopic (exact) mass is 817 g/mol. The van der Waals surface area contributed by atoms with Gasteiger partial charge in [-0.25, -0.2) is 4.57 Å². The summed E-state index contributed by atoms with van der Waals surface area (Å²) in [5.41, 5.74) is 0. The van der Waals surface area contributed by atoms with Crippen molar-refractivity contribution in [3.63, 3.8) is 0 Å². The van der Waals surface area contributed by atoms with Gasteiger partial charge in [0, 0.05) is 13.0 Å². The third kappa shape index (κ3) is 26.3. The summed E-state index contributed by atoms with van der Waals surface area (Å²) in [6, 6.07) is 0. The Morgan fingerprint density at radius 3 is 1.62 bits per heavy atom. The van der Waals surface area contributed by atoms with Crippen molar-refractivity contribution in [2.75, 3.05) is 19.8 Å². The van der Waals surface area contributed by atoms with Crippen molar-refractivity contribution in [2.45, 2.75) is 198 Å². The number of phosphoric acid groups is 1. The molecular formula is C43H77O12P. The number of carbonyl (C=O) groups excluding carboxylic acids is 1. The van der Waals surface area contributed by atoms with Crippen molar-refractivity contribution in [3.05, 3.63) is 48.6 Å². The van der Waals surface area contributed by atoms with Gasteiger partial charge >= 0.3 is 13.8 Å². The van der Waals surface area contributed by atoms with Crippen LogP contribution in [0.4, 0.5) is 0 Å². The van der Waals surface area contributed by atoms with Crippen molar-refractivity contribution in [3.8, 4) is 0 Å². The van der Waals surface area contributed by atoms with Gasteiger partial charge < -0.3 is 39.9 Å². The van der Waals surface area contributed by atoms with Crippen LogP contribution in [0.2, 0.25) is 0 Å². The molecule has 0 aliphatic heterocycles. The minimum atomic E-state index is -5.02. The Labute approximate surface area is 337 Å². The summed E-state index contributed by atoms with van der Waals surface area (Å²) >= 11 is 0. The number of aliphatic hydroxyl groups excluding tert-OH is 5. The predicted molar refractivity (Wildman–Crippen MR) is 221 cm³/mol. The summed E-state index contributed by atoms with van der Waals surface area (Å²) in [6.07, 6.45) is 27.6. The smallest absolute Gasteiger partial charge is 0.457 e. The first-order valence-electron chi connectivity index (χ1n) is 21.5. The van der Waals surface area contributed by atoms with Gasteiger partial charge in [-0.1, -0.05) is 133 Å². The Bertz CT molecular complexity index is 1110. The van der Waals surface area contributed by atoms with Gasteiger partial charge in [0.05, 0.1) is 13.2 Å². The minimum Gasteiger partial charge on any atom is -0.457 e. The lowest BCUT2D eigenvalue weighted by Crippen LogP contribution is -2.64. The van der Waals surface area contributed by atoms with Crippen molar-refractivity contribution in [2.24, 2.45) is 0 Å². The van der Waals surface area contributed by atoms with Gasteiger partial charge in [-0.05, 0) is 64.2 Å². The average Bonchev–Trinajstić information content (AvgIpc) is 3.18. The predicted octanol–water partition coefficient (Wildman–Crippen LogP) is 8.08. The number of allylic oxidation sites excluding steroid dienone is 8. The normalized spacial score (nSPS) is 23.5. The molecule has 12 nitrogen and oxygen atoms in total. The van der Waals surface area contributed by atoms with E-state index in [9.17, 15) is 39.8 Å². The largest absolute Gasteiger partial charge is 0.472 e. The summed E-state index contributed by atoms with van der Waals surface area (Å²) in [5.74, 6) is -0.493. The fraction of sp³-hybridized carbons (Fsp3) is 0.791. The highest BCUT2D eigenvalue weighted by Gasteiger charge is 2.51. The first-order valence-corrected chi connectivity index (χ1v) is 23.0. The zero-order valence-corrected chi connectivity index (χ0v) is 35.3. The molecule has 0 radical (unpaired) electrons. The van der Waals surface area contributed by atoms with Gasteiger partial charge in [0.25, 0.3) is 0 Å². The Morgan fingerprint density at radius 2 is 1.05 bits per heavy atom. The summed E-state index contributed by atoms with van der Waals surface area (Å²) in [5, 5.41) is 50.1. The molecule has 0 aromatic carbocycles. The summed E-state index contributed by atoms with van der Waals surface area (Å²) in [4.78, 5) is 23.0. The van der Waals surface area contributed by atoms with E-state index in [4.69, 9.17) is 18.5 Å². The first kappa shape index (κ1) is 52.3. The first-order chi connectivity index (χ1) is 27.0. The van der Waals surface area contributed by atoms with E-state index in [2.05, 4.69) is 62.5 Å². The molecule has 0 amide bonds. The highest BCUT2D eigenvalue weighted by Crippen LogP contribution is 2.47. The lowest BCUT2D eigenvalue weighted by Gasteiger charge is -2.41. The molecule has 1 rings (SSSR count). The molecule has 0 spiro atoms. The van der Waals surface area contributed by atoms with Crippen LogP contribution in [-0.2, 0) is 27.9 Å². The molecule has 6 unspecified atom stereocenters. The summed E-state index contributed by atoms with van der Waals surface area (Å²) in [6.45, 7) is 4.06. The number of phosphoric ester groups is 1. The molecule has 1 fully saturated rings. The van der Waals surface area contributed by atoms with E-state index >= 15 is 0 Å². The van der Waals surface area contributed by atoms with Crippen molar-refractivity contribution >= 4 is 13.8 Å². The van der Waals surface area contributed by atoms with E-state index in [-0.39, 0.29) is 13.0 Å². The van der Waals surface area contributed by atoms with E-state index in [1.54, 1.807) is 0 Å². The van der Waals surface area contributed by atoms with Gasteiger partial charge in [0.1, 0.15) is 42.7 Å². The van der Waals surface area contributed by atoms with Crippen molar-refractivity contribution in [1.29, 1.82) is 0 Å².